The van der Waals surface area contributed by atoms with E-state index in [9.17, 15) is 0 Å². The smallest absolute Gasteiger partial charge is 0.120 e. The summed E-state index contributed by atoms with van der Waals surface area (Å²) < 4.78 is 5.58. The van der Waals surface area contributed by atoms with E-state index < -0.39 is 0 Å². The molecule has 0 radical (unpaired) electrons. The minimum absolute atomic E-state index is 0.520. The molecule has 0 saturated carbocycles. The number of rotatable bonds is 5. The van der Waals surface area contributed by atoms with E-state index in [4.69, 9.17) is 16.3 Å². The molecule has 3 heteroatoms. The van der Waals surface area contributed by atoms with Crippen LogP contribution in [0.15, 0.2) is 29.8 Å². The van der Waals surface area contributed by atoms with Gasteiger partial charge in [-0.1, -0.05) is 24.6 Å². The number of fused-ring (bicyclic) bond motifs is 1. The van der Waals surface area contributed by atoms with Crippen LogP contribution in [0.1, 0.15) is 30.5 Å². The van der Waals surface area contributed by atoms with Crippen LogP contribution < -0.4 is 10.1 Å². The third-order valence-corrected chi connectivity index (χ3v) is 3.26. The molecule has 0 spiro atoms. The molecule has 1 N–H and O–H groups in total. The van der Waals surface area contributed by atoms with Gasteiger partial charge < -0.3 is 10.1 Å². The summed E-state index contributed by atoms with van der Waals surface area (Å²) in [6.45, 7) is 3.69. The fourth-order valence-electron chi connectivity index (χ4n) is 2.32. The minimum Gasteiger partial charge on any atom is -0.489 e. The maximum absolute atomic E-state index is 5.58. The van der Waals surface area contributed by atoms with Gasteiger partial charge in [0.1, 0.15) is 12.4 Å². The largest absolute Gasteiger partial charge is 0.489 e. The Kier molecular flexibility index (Phi) is 4.46. The number of halogens is 1. The van der Waals surface area contributed by atoms with Crippen molar-refractivity contribution in [3.63, 3.8) is 0 Å². The maximum atomic E-state index is 5.58. The SMILES string of the molecule is CCNC1CCc2cc(OC/C=C/Cl)ccc21. The maximum Gasteiger partial charge on any atom is 0.120 e. The van der Waals surface area contributed by atoms with Gasteiger partial charge in [0.2, 0.25) is 0 Å². The lowest BCUT2D eigenvalue weighted by Gasteiger charge is -2.12. The number of ether oxygens (including phenoxy) is 1. The molecular formula is C14H18ClNO. The van der Waals surface area contributed by atoms with Gasteiger partial charge in [0, 0.05) is 11.6 Å². The average Bonchev–Trinajstić information content (AvgIpc) is 2.73. The number of hydrogen-bond donors (Lipinski definition) is 1. The predicted octanol–water partition coefficient (Wildman–Crippen LogP) is 3.41. The molecule has 0 saturated heterocycles. The first kappa shape index (κ1) is 12.5. The van der Waals surface area contributed by atoms with E-state index in [1.165, 1.54) is 23.1 Å². The predicted molar refractivity (Wildman–Crippen MR) is 71.7 cm³/mol. The van der Waals surface area contributed by atoms with Gasteiger partial charge in [-0.15, -0.1) is 0 Å². The van der Waals surface area contributed by atoms with Crippen LogP contribution >= 0.6 is 11.6 Å². The molecule has 2 nitrogen and oxygen atoms in total. The molecule has 0 fully saturated rings. The summed E-state index contributed by atoms with van der Waals surface area (Å²) in [4.78, 5) is 0. The van der Waals surface area contributed by atoms with E-state index >= 15 is 0 Å². The van der Waals surface area contributed by atoms with Crippen LogP contribution in [0, 0.1) is 0 Å². The Balaban J connectivity index is 2.05. The van der Waals surface area contributed by atoms with Crippen molar-refractivity contribution in [2.24, 2.45) is 0 Å². The summed E-state index contributed by atoms with van der Waals surface area (Å²) in [5.74, 6) is 0.927. The highest BCUT2D eigenvalue weighted by Crippen LogP contribution is 2.33. The monoisotopic (exact) mass is 251 g/mol. The highest BCUT2D eigenvalue weighted by atomic mass is 35.5. The van der Waals surface area contributed by atoms with E-state index in [2.05, 4.69) is 24.4 Å². The molecule has 1 aromatic carbocycles. The van der Waals surface area contributed by atoms with E-state index in [1.54, 1.807) is 6.08 Å². The zero-order valence-electron chi connectivity index (χ0n) is 10.1. The minimum atomic E-state index is 0.520. The molecule has 1 atom stereocenters. The first-order valence-electron chi connectivity index (χ1n) is 6.09. The highest BCUT2D eigenvalue weighted by Gasteiger charge is 2.21. The van der Waals surface area contributed by atoms with Crippen molar-refractivity contribution in [3.05, 3.63) is 40.9 Å². The van der Waals surface area contributed by atoms with Crippen molar-refractivity contribution in [1.29, 1.82) is 0 Å². The lowest BCUT2D eigenvalue weighted by atomic mass is 10.1. The lowest BCUT2D eigenvalue weighted by Crippen LogP contribution is -2.18. The number of aryl methyl sites for hydroxylation is 1. The second kappa shape index (κ2) is 6.08. The Morgan fingerprint density at radius 3 is 3.18 bits per heavy atom. The molecule has 92 valence electrons. The van der Waals surface area contributed by atoms with E-state index in [0.717, 1.165) is 18.7 Å². The molecule has 0 aromatic heterocycles. The van der Waals surface area contributed by atoms with Crippen molar-refractivity contribution < 1.29 is 4.74 Å². The van der Waals surface area contributed by atoms with Gasteiger partial charge >= 0.3 is 0 Å². The van der Waals surface area contributed by atoms with Crippen LogP contribution in [0.2, 0.25) is 0 Å². The summed E-state index contributed by atoms with van der Waals surface area (Å²) >= 11 is 5.45. The van der Waals surface area contributed by atoms with Crippen LogP contribution in [-0.4, -0.2) is 13.2 Å². The summed E-state index contributed by atoms with van der Waals surface area (Å²) in [5, 5.41) is 3.50. The van der Waals surface area contributed by atoms with Gasteiger partial charge in [-0.05, 0) is 48.7 Å². The van der Waals surface area contributed by atoms with E-state index in [-0.39, 0.29) is 0 Å². The van der Waals surface area contributed by atoms with Crippen molar-refractivity contribution in [3.8, 4) is 5.75 Å². The molecule has 0 aliphatic heterocycles. The summed E-state index contributed by atoms with van der Waals surface area (Å²) in [6, 6.07) is 6.88. The van der Waals surface area contributed by atoms with Gasteiger partial charge in [-0.25, -0.2) is 0 Å². The first-order valence-corrected chi connectivity index (χ1v) is 6.53. The van der Waals surface area contributed by atoms with Crippen LogP contribution in [0.25, 0.3) is 0 Å². The van der Waals surface area contributed by atoms with Crippen molar-refractivity contribution >= 4 is 11.6 Å². The number of hydrogen-bond acceptors (Lipinski definition) is 2. The quantitative estimate of drug-likeness (QED) is 0.866. The molecule has 0 amide bonds. The third-order valence-electron chi connectivity index (χ3n) is 3.08. The zero-order chi connectivity index (χ0) is 12.1. The molecule has 0 bridgehead atoms. The van der Waals surface area contributed by atoms with Crippen LogP contribution in [-0.2, 0) is 6.42 Å². The molecule has 0 heterocycles. The zero-order valence-corrected chi connectivity index (χ0v) is 10.8. The number of nitrogens with one attached hydrogen (secondary N) is 1. The van der Waals surface area contributed by atoms with Crippen molar-refractivity contribution in [2.75, 3.05) is 13.2 Å². The second-order valence-electron chi connectivity index (χ2n) is 4.18. The van der Waals surface area contributed by atoms with E-state index in [1.807, 2.05) is 6.07 Å². The highest BCUT2D eigenvalue weighted by molar-refractivity contribution is 6.25. The van der Waals surface area contributed by atoms with Gasteiger partial charge in [-0.3, -0.25) is 0 Å². The van der Waals surface area contributed by atoms with Crippen LogP contribution in [0.4, 0.5) is 0 Å². The van der Waals surface area contributed by atoms with Gasteiger partial charge in [-0.2, -0.15) is 0 Å². The fourth-order valence-corrected chi connectivity index (χ4v) is 2.40. The molecule has 2 rings (SSSR count). The summed E-state index contributed by atoms with van der Waals surface area (Å²) in [5.41, 5.74) is 4.31. The Labute approximate surface area is 108 Å². The Morgan fingerprint density at radius 2 is 2.41 bits per heavy atom. The molecular weight excluding hydrogens is 234 g/mol. The summed E-state index contributed by atoms with van der Waals surface area (Å²) in [6.07, 6.45) is 4.11. The van der Waals surface area contributed by atoms with Crippen molar-refractivity contribution in [1.82, 2.24) is 5.32 Å². The van der Waals surface area contributed by atoms with E-state index in [0.29, 0.717) is 12.6 Å². The second-order valence-corrected chi connectivity index (χ2v) is 4.43. The molecule has 1 aliphatic rings. The lowest BCUT2D eigenvalue weighted by molar-refractivity contribution is 0.362. The van der Waals surface area contributed by atoms with Gasteiger partial charge in [0.25, 0.3) is 0 Å². The average molecular weight is 252 g/mol. The Hall–Kier alpha value is -0.990. The van der Waals surface area contributed by atoms with Gasteiger partial charge in [0.05, 0.1) is 0 Å². The molecule has 1 aromatic rings. The summed E-state index contributed by atoms with van der Waals surface area (Å²) in [7, 11) is 0. The molecule has 1 unspecified atom stereocenters. The topological polar surface area (TPSA) is 21.3 Å². The van der Waals surface area contributed by atoms with Crippen molar-refractivity contribution in [2.45, 2.75) is 25.8 Å². The molecule has 17 heavy (non-hydrogen) atoms. The van der Waals surface area contributed by atoms with Crippen LogP contribution in [0.5, 0.6) is 5.75 Å². The van der Waals surface area contributed by atoms with Crippen LogP contribution in [0.3, 0.4) is 0 Å². The Bertz CT molecular complexity index is 403. The third kappa shape index (κ3) is 3.02. The standard InChI is InChI=1S/C14H18ClNO/c1-2-16-14-7-4-11-10-12(5-6-13(11)14)17-9-3-8-15/h3,5-6,8,10,14,16H,2,4,7,9H2,1H3/b8-3+. The first-order chi connectivity index (χ1) is 8.35. The fraction of sp³-hybridized carbons (Fsp3) is 0.429. The van der Waals surface area contributed by atoms with Gasteiger partial charge in [0.15, 0.2) is 0 Å². The number of benzene rings is 1. The molecule has 1 aliphatic carbocycles. The normalized spacial score (nSPS) is 18.6. The Morgan fingerprint density at radius 1 is 1.53 bits per heavy atom.